The number of rotatable bonds is 2. The quantitative estimate of drug-likeness (QED) is 0.878. The van der Waals surface area contributed by atoms with E-state index in [1.165, 1.54) is 0 Å². The number of aliphatic carboxylic acids is 1. The highest BCUT2D eigenvalue weighted by Crippen LogP contribution is 2.49. The van der Waals surface area contributed by atoms with Crippen molar-refractivity contribution >= 4 is 34.3 Å². The standard InChI is InChI=1S/C10H10BrNO2.ClH/c11-7-3-1-6(2-4-7)8-5-10(8,12)9(13)14;/h1-4,8H,5,12H2,(H,13,14);1H. The van der Waals surface area contributed by atoms with E-state index in [4.69, 9.17) is 10.8 Å². The van der Waals surface area contributed by atoms with Crippen LogP contribution in [0.3, 0.4) is 0 Å². The third-order valence-electron chi connectivity index (χ3n) is 2.67. The molecule has 1 aliphatic carbocycles. The van der Waals surface area contributed by atoms with Crippen LogP contribution in [0.15, 0.2) is 28.7 Å². The Bertz CT molecular complexity index is 382. The minimum Gasteiger partial charge on any atom is -0.480 e. The molecule has 3 nitrogen and oxygen atoms in total. The van der Waals surface area contributed by atoms with Gasteiger partial charge >= 0.3 is 5.97 Å². The minimum atomic E-state index is -1.03. The largest absolute Gasteiger partial charge is 0.480 e. The van der Waals surface area contributed by atoms with E-state index in [9.17, 15) is 4.79 Å². The van der Waals surface area contributed by atoms with E-state index in [-0.39, 0.29) is 18.3 Å². The first kappa shape index (κ1) is 12.5. The lowest BCUT2D eigenvalue weighted by Crippen LogP contribution is -2.34. The van der Waals surface area contributed by atoms with Gasteiger partial charge in [-0.3, -0.25) is 4.79 Å². The summed E-state index contributed by atoms with van der Waals surface area (Å²) in [6, 6.07) is 7.62. The number of halogens is 2. The van der Waals surface area contributed by atoms with E-state index in [0.717, 1.165) is 10.0 Å². The monoisotopic (exact) mass is 291 g/mol. The van der Waals surface area contributed by atoms with E-state index >= 15 is 0 Å². The molecule has 0 spiro atoms. The molecule has 1 saturated carbocycles. The summed E-state index contributed by atoms with van der Waals surface area (Å²) in [6.07, 6.45) is 0.532. The number of hydrogen-bond donors (Lipinski definition) is 2. The molecule has 0 radical (unpaired) electrons. The van der Waals surface area contributed by atoms with Gasteiger partial charge < -0.3 is 10.8 Å². The molecule has 15 heavy (non-hydrogen) atoms. The van der Waals surface area contributed by atoms with E-state index in [1.54, 1.807) is 0 Å². The van der Waals surface area contributed by atoms with Gasteiger partial charge in [0.05, 0.1) is 0 Å². The predicted octanol–water partition coefficient (Wildman–Crippen LogP) is 2.14. The Morgan fingerprint density at radius 2 is 2.00 bits per heavy atom. The Hall–Kier alpha value is -0.580. The second-order valence-electron chi connectivity index (χ2n) is 3.65. The molecule has 82 valence electrons. The summed E-state index contributed by atoms with van der Waals surface area (Å²) in [7, 11) is 0. The first-order valence-electron chi connectivity index (χ1n) is 4.32. The van der Waals surface area contributed by atoms with Crippen LogP contribution in [0.2, 0.25) is 0 Å². The minimum absolute atomic E-state index is 0. The molecule has 1 aliphatic rings. The maximum atomic E-state index is 10.8. The molecule has 1 aromatic rings. The fourth-order valence-electron chi connectivity index (χ4n) is 1.63. The van der Waals surface area contributed by atoms with Gasteiger partial charge in [0.2, 0.25) is 0 Å². The second-order valence-corrected chi connectivity index (χ2v) is 4.57. The molecule has 1 fully saturated rings. The first-order chi connectivity index (χ1) is 6.54. The van der Waals surface area contributed by atoms with Gasteiger partial charge in [-0.15, -0.1) is 12.4 Å². The molecule has 0 heterocycles. The van der Waals surface area contributed by atoms with E-state index < -0.39 is 11.5 Å². The van der Waals surface area contributed by atoms with Crippen molar-refractivity contribution in [3.63, 3.8) is 0 Å². The summed E-state index contributed by atoms with van der Waals surface area (Å²) in [6.45, 7) is 0. The highest BCUT2D eigenvalue weighted by molar-refractivity contribution is 9.10. The van der Waals surface area contributed by atoms with Gasteiger partial charge in [0.1, 0.15) is 5.54 Å². The van der Waals surface area contributed by atoms with Gasteiger partial charge in [-0.25, -0.2) is 0 Å². The second kappa shape index (κ2) is 4.12. The van der Waals surface area contributed by atoms with Crippen molar-refractivity contribution in [2.24, 2.45) is 5.73 Å². The maximum Gasteiger partial charge on any atom is 0.324 e. The average molecular weight is 293 g/mol. The average Bonchev–Trinajstić information content (AvgIpc) is 2.81. The van der Waals surface area contributed by atoms with Crippen molar-refractivity contribution in [1.82, 2.24) is 0 Å². The lowest BCUT2D eigenvalue weighted by atomic mass is 10.1. The molecule has 2 unspecified atom stereocenters. The van der Waals surface area contributed by atoms with E-state index in [1.807, 2.05) is 24.3 Å². The molecule has 2 rings (SSSR count). The number of carboxylic acid groups (broad SMARTS) is 1. The van der Waals surface area contributed by atoms with Crippen molar-refractivity contribution in [2.75, 3.05) is 0 Å². The Labute approximate surface area is 102 Å². The summed E-state index contributed by atoms with van der Waals surface area (Å²) >= 11 is 3.32. The molecular formula is C10H11BrClNO2. The lowest BCUT2D eigenvalue weighted by molar-refractivity contribution is -0.139. The van der Waals surface area contributed by atoms with Crippen LogP contribution in [-0.4, -0.2) is 16.6 Å². The Kier molecular flexibility index (Phi) is 3.43. The molecule has 3 N–H and O–H groups in total. The third kappa shape index (κ3) is 2.17. The van der Waals surface area contributed by atoms with E-state index in [2.05, 4.69) is 15.9 Å². The van der Waals surface area contributed by atoms with Gasteiger partial charge in [-0.05, 0) is 24.1 Å². The lowest BCUT2D eigenvalue weighted by Gasteiger charge is -2.05. The van der Waals surface area contributed by atoms with E-state index in [0.29, 0.717) is 6.42 Å². The van der Waals surface area contributed by atoms with Gasteiger partial charge in [-0.1, -0.05) is 28.1 Å². The highest BCUT2D eigenvalue weighted by atomic mass is 79.9. The Morgan fingerprint density at radius 1 is 1.47 bits per heavy atom. The van der Waals surface area contributed by atoms with Gasteiger partial charge in [-0.2, -0.15) is 0 Å². The normalized spacial score (nSPS) is 28.0. The molecule has 0 aromatic heterocycles. The zero-order chi connectivity index (χ0) is 10.3. The molecule has 1 aromatic carbocycles. The van der Waals surface area contributed by atoms with Crippen molar-refractivity contribution < 1.29 is 9.90 Å². The molecule has 0 amide bonds. The zero-order valence-corrected chi connectivity index (χ0v) is 10.2. The summed E-state index contributed by atoms with van der Waals surface area (Å²) in [5, 5.41) is 8.86. The predicted molar refractivity (Wildman–Crippen MR) is 63.3 cm³/mol. The molecular weight excluding hydrogens is 281 g/mol. The summed E-state index contributed by atoms with van der Waals surface area (Å²) in [5.41, 5.74) is 5.66. The van der Waals surface area contributed by atoms with Crippen molar-refractivity contribution in [3.05, 3.63) is 34.3 Å². The van der Waals surface area contributed by atoms with Crippen LogP contribution in [0.1, 0.15) is 17.9 Å². The summed E-state index contributed by atoms with van der Waals surface area (Å²) in [4.78, 5) is 10.8. The van der Waals surface area contributed by atoms with Crippen molar-refractivity contribution in [1.29, 1.82) is 0 Å². The van der Waals surface area contributed by atoms with Gasteiger partial charge in [0.25, 0.3) is 0 Å². The van der Waals surface area contributed by atoms with Crippen LogP contribution in [0.25, 0.3) is 0 Å². The van der Waals surface area contributed by atoms with Crippen LogP contribution >= 0.6 is 28.3 Å². The number of nitrogens with two attached hydrogens (primary N) is 1. The molecule has 0 saturated heterocycles. The molecule has 0 aliphatic heterocycles. The third-order valence-corrected chi connectivity index (χ3v) is 3.20. The van der Waals surface area contributed by atoms with Crippen LogP contribution in [0.5, 0.6) is 0 Å². The van der Waals surface area contributed by atoms with Gasteiger partial charge in [0, 0.05) is 10.4 Å². The number of carboxylic acids is 1. The van der Waals surface area contributed by atoms with Crippen molar-refractivity contribution in [3.8, 4) is 0 Å². The number of hydrogen-bond acceptors (Lipinski definition) is 2. The molecule has 2 atom stereocenters. The Balaban J connectivity index is 0.00000112. The fraction of sp³-hybridized carbons (Fsp3) is 0.300. The maximum absolute atomic E-state index is 10.8. The Morgan fingerprint density at radius 3 is 2.40 bits per heavy atom. The fourth-order valence-corrected chi connectivity index (χ4v) is 1.89. The van der Waals surface area contributed by atoms with Crippen LogP contribution in [0, 0.1) is 0 Å². The van der Waals surface area contributed by atoms with Crippen LogP contribution < -0.4 is 5.73 Å². The summed E-state index contributed by atoms with van der Waals surface area (Å²) < 4.78 is 0.986. The van der Waals surface area contributed by atoms with Crippen molar-refractivity contribution in [2.45, 2.75) is 17.9 Å². The zero-order valence-electron chi connectivity index (χ0n) is 7.81. The number of carbonyl (C=O) groups is 1. The van der Waals surface area contributed by atoms with Gasteiger partial charge in [0.15, 0.2) is 0 Å². The van der Waals surface area contributed by atoms with Crippen LogP contribution in [0.4, 0.5) is 0 Å². The van der Waals surface area contributed by atoms with Crippen LogP contribution in [-0.2, 0) is 4.79 Å². The SMILES string of the molecule is Cl.NC1(C(=O)O)CC1c1ccc(Br)cc1. The first-order valence-corrected chi connectivity index (χ1v) is 5.11. The highest BCUT2D eigenvalue weighted by Gasteiger charge is 2.58. The summed E-state index contributed by atoms with van der Waals surface area (Å²) in [5.74, 6) is -0.946. The molecule has 0 bridgehead atoms. The molecule has 5 heteroatoms. The smallest absolute Gasteiger partial charge is 0.324 e. The topological polar surface area (TPSA) is 63.3 Å². The number of benzene rings is 1.